The molecule has 3 aromatic rings. The van der Waals surface area contributed by atoms with Gasteiger partial charge in [0.25, 0.3) is 0 Å². The minimum absolute atomic E-state index is 0.277. The van der Waals surface area contributed by atoms with Gasteiger partial charge in [0.05, 0.1) is 23.7 Å². The van der Waals surface area contributed by atoms with Crippen LogP contribution in [0.3, 0.4) is 0 Å². The molecule has 0 fully saturated rings. The molecule has 0 spiro atoms. The summed E-state index contributed by atoms with van der Waals surface area (Å²) in [7, 11) is 1.76. The molecule has 0 aliphatic rings. The van der Waals surface area contributed by atoms with Gasteiger partial charge in [0.2, 0.25) is 0 Å². The lowest BCUT2D eigenvalue weighted by Crippen LogP contribution is -2.19. The van der Waals surface area contributed by atoms with Gasteiger partial charge < -0.3 is 4.90 Å². The Morgan fingerprint density at radius 3 is 2.54 bits per heavy atom. The van der Waals surface area contributed by atoms with Crippen LogP contribution in [0.15, 0.2) is 42.7 Å². The van der Waals surface area contributed by atoms with E-state index < -0.39 is 11.7 Å². The van der Waals surface area contributed by atoms with Gasteiger partial charge in [-0.3, -0.25) is 4.98 Å². The predicted molar refractivity (Wildman–Crippen MR) is 92.2 cm³/mol. The SMILES string of the molecule is Cc1cc(C)n(-c2cncc(N(C)Cc3cccc(C(F)(F)F)c3)n2)n1. The van der Waals surface area contributed by atoms with Crippen molar-refractivity contribution in [3.63, 3.8) is 0 Å². The van der Waals surface area contributed by atoms with E-state index in [9.17, 15) is 13.2 Å². The molecule has 0 saturated heterocycles. The maximum atomic E-state index is 12.9. The number of halogens is 3. The number of aromatic nitrogens is 4. The van der Waals surface area contributed by atoms with Crippen molar-refractivity contribution in [1.82, 2.24) is 19.7 Å². The van der Waals surface area contributed by atoms with Crippen LogP contribution in [0.5, 0.6) is 0 Å². The van der Waals surface area contributed by atoms with Gasteiger partial charge in [-0.25, -0.2) is 9.67 Å². The number of anilines is 1. The quantitative estimate of drug-likeness (QED) is 0.706. The molecule has 0 N–H and O–H groups in total. The van der Waals surface area contributed by atoms with Crippen molar-refractivity contribution >= 4 is 5.82 Å². The average Bonchev–Trinajstić information content (AvgIpc) is 2.93. The minimum Gasteiger partial charge on any atom is -0.354 e. The van der Waals surface area contributed by atoms with Crippen LogP contribution < -0.4 is 4.90 Å². The molecule has 8 heteroatoms. The summed E-state index contributed by atoms with van der Waals surface area (Å²) in [5.41, 5.74) is 1.67. The van der Waals surface area contributed by atoms with E-state index in [1.54, 1.807) is 35.1 Å². The Kier molecular flexibility index (Phi) is 4.67. The first-order chi connectivity index (χ1) is 12.2. The third-order valence-electron chi connectivity index (χ3n) is 3.90. The van der Waals surface area contributed by atoms with E-state index in [1.165, 1.54) is 6.07 Å². The van der Waals surface area contributed by atoms with Crippen LogP contribution in [0.25, 0.3) is 5.82 Å². The van der Waals surface area contributed by atoms with Crippen molar-refractivity contribution in [2.75, 3.05) is 11.9 Å². The van der Waals surface area contributed by atoms with Gasteiger partial charge in [0.15, 0.2) is 5.82 Å². The lowest BCUT2D eigenvalue weighted by atomic mass is 10.1. The highest BCUT2D eigenvalue weighted by Gasteiger charge is 2.30. The van der Waals surface area contributed by atoms with Crippen molar-refractivity contribution in [3.05, 3.63) is 65.2 Å². The number of hydrogen-bond donors (Lipinski definition) is 0. The molecule has 2 heterocycles. The highest BCUT2D eigenvalue weighted by Crippen LogP contribution is 2.30. The van der Waals surface area contributed by atoms with Gasteiger partial charge in [-0.05, 0) is 37.6 Å². The largest absolute Gasteiger partial charge is 0.416 e. The summed E-state index contributed by atoms with van der Waals surface area (Å²) >= 11 is 0. The molecule has 0 atom stereocenters. The van der Waals surface area contributed by atoms with E-state index in [0.29, 0.717) is 17.2 Å². The van der Waals surface area contributed by atoms with Crippen LogP contribution in [0.4, 0.5) is 19.0 Å². The monoisotopic (exact) mass is 361 g/mol. The Hall–Kier alpha value is -2.90. The zero-order valence-corrected chi connectivity index (χ0v) is 14.6. The standard InChI is InChI=1S/C18H18F3N5/c1-12-7-13(2)26(24-12)17-10-22-9-16(23-17)25(3)11-14-5-4-6-15(8-14)18(19,20)21/h4-10H,11H2,1-3H3. The maximum absolute atomic E-state index is 12.9. The molecular weight excluding hydrogens is 343 g/mol. The van der Waals surface area contributed by atoms with Gasteiger partial charge in [-0.15, -0.1) is 0 Å². The first-order valence-electron chi connectivity index (χ1n) is 7.97. The second-order valence-electron chi connectivity index (χ2n) is 6.13. The van der Waals surface area contributed by atoms with E-state index >= 15 is 0 Å². The summed E-state index contributed by atoms with van der Waals surface area (Å²) in [6, 6.07) is 7.20. The molecule has 1 aromatic carbocycles. The molecular formula is C18H18F3N5. The Bertz CT molecular complexity index is 917. The molecule has 0 amide bonds. The molecule has 136 valence electrons. The lowest BCUT2D eigenvalue weighted by Gasteiger charge is -2.19. The highest BCUT2D eigenvalue weighted by molar-refractivity contribution is 5.40. The van der Waals surface area contributed by atoms with Crippen molar-refractivity contribution in [2.45, 2.75) is 26.6 Å². The van der Waals surface area contributed by atoms with Crippen LogP contribution in [-0.2, 0) is 12.7 Å². The number of hydrogen-bond acceptors (Lipinski definition) is 4. The molecule has 0 bridgehead atoms. The molecule has 5 nitrogen and oxygen atoms in total. The summed E-state index contributed by atoms with van der Waals surface area (Å²) in [5.74, 6) is 1.11. The Labute approximate surface area is 149 Å². The van der Waals surface area contributed by atoms with Gasteiger partial charge in [-0.1, -0.05) is 12.1 Å². The summed E-state index contributed by atoms with van der Waals surface area (Å²) in [6.45, 7) is 4.08. The van der Waals surface area contributed by atoms with E-state index in [2.05, 4.69) is 15.1 Å². The highest BCUT2D eigenvalue weighted by atomic mass is 19.4. The number of nitrogens with zero attached hydrogens (tertiary/aromatic N) is 5. The van der Waals surface area contributed by atoms with E-state index in [1.807, 2.05) is 19.9 Å². The van der Waals surface area contributed by atoms with Crippen molar-refractivity contribution in [2.24, 2.45) is 0 Å². The fourth-order valence-electron chi connectivity index (χ4n) is 2.69. The zero-order chi connectivity index (χ0) is 18.9. The van der Waals surface area contributed by atoms with Crippen LogP contribution in [-0.4, -0.2) is 26.8 Å². The van der Waals surface area contributed by atoms with Crippen molar-refractivity contribution in [1.29, 1.82) is 0 Å². The number of aryl methyl sites for hydroxylation is 2. The zero-order valence-electron chi connectivity index (χ0n) is 14.6. The molecule has 0 aliphatic heterocycles. The predicted octanol–water partition coefficient (Wildman–Crippen LogP) is 3.93. The smallest absolute Gasteiger partial charge is 0.354 e. The Balaban J connectivity index is 1.84. The van der Waals surface area contributed by atoms with Crippen LogP contribution in [0, 0.1) is 13.8 Å². The fraction of sp³-hybridized carbons (Fsp3) is 0.278. The fourth-order valence-corrected chi connectivity index (χ4v) is 2.69. The van der Waals surface area contributed by atoms with Crippen molar-refractivity contribution < 1.29 is 13.2 Å². The van der Waals surface area contributed by atoms with Gasteiger partial charge in [0.1, 0.15) is 5.82 Å². The van der Waals surface area contributed by atoms with E-state index in [0.717, 1.165) is 23.5 Å². The normalized spacial score (nSPS) is 11.6. The summed E-state index contributed by atoms with van der Waals surface area (Å²) in [5, 5.41) is 4.37. The van der Waals surface area contributed by atoms with Gasteiger partial charge in [0, 0.05) is 19.3 Å². The van der Waals surface area contributed by atoms with Gasteiger partial charge >= 0.3 is 6.18 Å². The minimum atomic E-state index is -4.36. The lowest BCUT2D eigenvalue weighted by molar-refractivity contribution is -0.137. The molecule has 0 aliphatic carbocycles. The molecule has 0 radical (unpaired) electrons. The third kappa shape index (κ3) is 3.84. The first kappa shape index (κ1) is 17.9. The molecule has 2 aromatic heterocycles. The van der Waals surface area contributed by atoms with Gasteiger partial charge in [-0.2, -0.15) is 18.3 Å². The first-order valence-corrected chi connectivity index (χ1v) is 7.97. The Morgan fingerprint density at radius 1 is 1.12 bits per heavy atom. The number of rotatable bonds is 4. The van der Waals surface area contributed by atoms with Crippen LogP contribution >= 0.6 is 0 Å². The maximum Gasteiger partial charge on any atom is 0.416 e. The average molecular weight is 361 g/mol. The van der Waals surface area contributed by atoms with Crippen LogP contribution in [0.1, 0.15) is 22.5 Å². The second-order valence-corrected chi connectivity index (χ2v) is 6.13. The number of benzene rings is 1. The van der Waals surface area contributed by atoms with E-state index in [-0.39, 0.29) is 6.54 Å². The van der Waals surface area contributed by atoms with Crippen molar-refractivity contribution in [3.8, 4) is 5.82 Å². The second kappa shape index (κ2) is 6.78. The molecule has 0 unspecified atom stereocenters. The number of alkyl halides is 3. The summed E-state index contributed by atoms with van der Waals surface area (Å²) < 4.78 is 40.3. The van der Waals surface area contributed by atoms with Crippen LogP contribution in [0.2, 0.25) is 0 Å². The molecule has 0 saturated carbocycles. The third-order valence-corrected chi connectivity index (χ3v) is 3.90. The molecule has 26 heavy (non-hydrogen) atoms. The molecule has 3 rings (SSSR count). The summed E-state index contributed by atoms with van der Waals surface area (Å²) in [6.07, 6.45) is -1.19. The topological polar surface area (TPSA) is 46.8 Å². The Morgan fingerprint density at radius 2 is 1.88 bits per heavy atom. The summed E-state index contributed by atoms with van der Waals surface area (Å²) in [4.78, 5) is 10.5. The van der Waals surface area contributed by atoms with E-state index in [4.69, 9.17) is 0 Å².